The highest BCUT2D eigenvalue weighted by atomic mass is 16.7. The van der Waals surface area contributed by atoms with Gasteiger partial charge in [-0.1, -0.05) is 0 Å². The third-order valence-corrected chi connectivity index (χ3v) is 2.48. The van der Waals surface area contributed by atoms with Crippen molar-refractivity contribution in [3.8, 4) is 0 Å². The Hall–Kier alpha value is -1.39. The van der Waals surface area contributed by atoms with E-state index < -0.39 is 0 Å². The topological polar surface area (TPSA) is 38.8 Å². The van der Waals surface area contributed by atoms with E-state index in [0.717, 1.165) is 25.1 Å². The molecular formula is C13H19NO3. The van der Waals surface area contributed by atoms with E-state index in [2.05, 4.69) is 11.8 Å². The molecule has 17 heavy (non-hydrogen) atoms. The second-order valence-corrected chi connectivity index (χ2v) is 3.60. The summed E-state index contributed by atoms with van der Waals surface area (Å²) in [5.41, 5.74) is 1.79. The molecule has 0 aliphatic carbocycles. The molecule has 1 aromatic carbocycles. The molecule has 0 aliphatic rings. The van der Waals surface area contributed by atoms with E-state index in [4.69, 9.17) is 9.47 Å². The first-order chi connectivity index (χ1) is 8.31. The molecule has 0 unspecified atom stereocenters. The quantitative estimate of drug-likeness (QED) is 0.393. The second kappa shape index (κ2) is 7.81. The molecule has 0 saturated carbocycles. The Bertz CT molecular complexity index is 324. The van der Waals surface area contributed by atoms with Gasteiger partial charge < -0.3 is 14.4 Å². The highest BCUT2D eigenvalue weighted by Gasteiger charge is 2.03. The highest BCUT2D eigenvalue weighted by Crippen LogP contribution is 2.14. The fraction of sp³-hybridized carbons (Fsp3) is 0.462. The van der Waals surface area contributed by atoms with Gasteiger partial charge in [0, 0.05) is 31.5 Å². The van der Waals surface area contributed by atoms with Gasteiger partial charge in [0.15, 0.2) is 0 Å². The molecular weight excluding hydrogens is 218 g/mol. The van der Waals surface area contributed by atoms with Crippen LogP contribution in [0, 0.1) is 0 Å². The summed E-state index contributed by atoms with van der Waals surface area (Å²) < 4.78 is 10.1. The van der Waals surface area contributed by atoms with Gasteiger partial charge in [0.2, 0.25) is 0 Å². The summed E-state index contributed by atoms with van der Waals surface area (Å²) in [4.78, 5) is 12.7. The fourth-order valence-corrected chi connectivity index (χ4v) is 1.55. The van der Waals surface area contributed by atoms with Gasteiger partial charge in [-0.15, -0.1) is 0 Å². The van der Waals surface area contributed by atoms with Gasteiger partial charge >= 0.3 is 0 Å². The van der Waals surface area contributed by atoms with Crippen LogP contribution in [0.2, 0.25) is 0 Å². The van der Waals surface area contributed by atoms with Crippen molar-refractivity contribution in [1.82, 2.24) is 0 Å². The molecule has 0 heterocycles. The summed E-state index contributed by atoms with van der Waals surface area (Å²) in [7, 11) is 1.61. The maximum Gasteiger partial charge on any atom is 0.150 e. The minimum absolute atomic E-state index is 0.321. The van der Waals surface area contributed by atoms with E-state index in [-0.39, 0.29) is 0 Å². The third kappa shape index (κ3) is 4.54. The van der Waals surface area contributed by atoms with Gasteiger partial charge in [0.1, 0.15) is 13.1 Å². The van der Waals surface area contributed by atoms with Crippen LogP contribution in [0.1, 0.15) is 17.3 Å². The molecule has 0 atom stereocenters. The van der Waals surface area contributed by atoms with Crippen LogP contribution >= 0.6 is 0 Å². The number of methoxy groups -OCH3 is 1. The molecule has 1 aromatic rings. The highest BCUT2D eigenvalue weighted by molar-refractivity contribution is 5.75. The number of aldehydes is 1. The van der Waals surface area contributed by atoms with Crippen LogP contribution in [0.25, 0.3) is 0 Å². The SMILES string of the molecule is CCN(CCOCOC)c1ccc(C=O)cc1. The van der Waals surface area contributed by atoms with Crippen molar-refractivity contribution in [1.29, 1.82) is 0 Å². The number of hydrogen-bond donors (Lipinski definition) is 0. The summed E-state index contributed by atoms with van der Waals surface area (Å²) in [5.74, 6) is 0. The molecule has 94 valence electrons. The van der Waals surface area contributed by atoms with Gasteiger partial charge in [-0.05, 0) is 31.2 Å². The summed E-state index contributed by atoms with van der Waals surface area (Å²) in [6.07, 6.45) is 0.849. The van der Waals surface area contributed by atoms with Crippen molar-refractivity contribution in [3.63, 3.8) is 0 Å². The molecule has 4 nitrogen and oxygen atoms in total. The molecule has 0 radical (unpaired) electrons. The molecule has 1 rings (SSSR count). The first-order valence-corrected chi connectivity index (χ1v) is 5.68. The molecule has 0 N–H and O–H groups in total. The molecule has 0 aromatic heterocycles. The van der Waals surface area contributed by atoms with Gasteiger partial charge in [-0.3, -0.25) is 4.79 Å². The standard InChI is InChI=1S/C13H19NO3/c1-3-14(8-9-17-11-16-2)13-6-4-12(10-15)5-7-13/h4-7,10H,3,8-9,11H2,1-2H3. The summed E-state index contributed by atoms with van der Waals surface area (Å²) in [6.45, 7) is 4.74. The lowest BCUT2D eigenvalue weighted by Crippen LogP contribution is -2.27. The number of carbonyl (C=O) groups excluding carboxylic acids is 1. The number of nitrogens with zero attached hydrogens (tertiary/aromatic N) is 1. The van der Waals surface area contributed by atoms with Gasteiger partial charge in [-0.25, -0.2) is 0 Å². The molecule has 0 amide bonds. The minimum Gasteiger partial charge on any atom is -0.369 e. The largest absolute Gasteiger partial charge is 0.369 e. The van der Waals surface area contributed by atoms with E-state index in [9.17, 15) is 4.79 Å². The first kappa shape index (κ1) is 13.7. The Labute approximate surface area is 102 Å². The van der Waals surface area contributed by atoms with Crippen LogP contribution in [0.15, 0.2) is 24.3 Å². The van der Waals surface area contributed by atoms with Crippen LogP contribution < -0.4 is 4.90 Å². The zero-order valence-electron chi connectivity index (χ0n) is 10.4. The number of rotatable bonds is 8. The lowest BCUT2D eigenvalue weighted by atomic mass is 10.2. The fourth-order valence-electron chi connectivity index (χ4n) is 1.55. The van der Waals surface area contributed by atoms with Crippen molar-refractivity contribution in [3.05, 3.63) is 29.8 Å². The minimum atomic E-state index is 0.321. The van der Waals surface area contributed by atoms with E-state index in [1.54, 1.807) is 7.11 Å². The number of ether oxygens (including phenoxy) is 2. The van der Waals surface area contributed by atoms with Gasteiger partial charge in [0.25, 0.3) is 0 Å². The average molecular weight is 237 g/mol. The van der Waals surface area contributed by atoms with Crippen molar-refractivity contribution < 1.29 is 14.3 Å². The van der Waals surface area contributed by atoms with E-state index in [0.29, 0.717) is 19.0 Å². The van der Waals surface area contributed by atoms with Crippen LogP contribution in [-0.4, -0.2) is 39.9 Å². The lowest BCUT2D eigenvalue weighted by Gasteiger charge is -2.22. The zero-order chi connectivity index (χ0) is 12.5. The molecule has 0 saturated heterocycles. The second-order valence-electron chi connectivity index (χ2n) is 3.60. The Morgan fingerprint density at radius 1 is 1.29 bits per heavy atom. The Balaban J connectivity index is 2.50. The number of carbonyl (C=O) groups is 1. The zero-order valence-corrected chi connectivity index (χ0v) is 10.4. The molecule has 0 aliphatic heterocycles. The van der Waals surface area contributed by atoms with E-state index in [1.165, 1.54) is 0 Å². The maximum atomic E-state index is 10.6. The molecule has 0 fully saturated rings. The van der Waals surface area contributed by atoms with Crippen LogP contribution in [0.4, 0.5) is 5.69 Å². The Morgan fingerprint density at radius 3 is 2.53 bits per heavy atom. The van der Waals surface area contributed by atoms with E-state index >= 15 is 0 Å². The monoisotopic (exact) mass is 237 g/mol. The van der Waals surface area contributed by atoms with Crippen molar-refractivity contribution in [2.24, 2.45) is 0 Å². The number of likely N-dealkylation sites (N-methyl/N-ethyl adjacent to an activating group) is 1. The Kier molecular flexibility index (Phi) is 6.29. The predicted molar refractivity (Wildman–Crippen MR) is 67.5 cm³/mol. The lowest BCUT2D eigenvalue weighted by molar-refractivity contribution is -0.0274. The third-order valence-electron chi connectivity index (χ3n) is 2.48. The average Bonchev–Trinajstić information content (AvgIpc) is 2.39. The summed E-state index contributed by atoms with van der Waals surface area (Å²) in [5, 5.41) is 0. The Morgan fingerprint density at radius 2 is 2.00 bits per heavy atom. The van der Waals surface area contributed by atoms with Crippen molar-refractivity contribution in [2.45, 2.75) is 6.92 Å². The number of hydrogen-bond acceptors (Lipinski definition) is 4. The van der Waals surface area contributed by atoms with Crippen molar-refractivity contribution >= 4 is 12.0 Å². The molecule has 4 heteroatoms. The maximum absolute atomic E-state index is 10.6. The summed E-state index contributed by atoms with van der Waals surface area (Å²) in [6, 6.07) is 7.54. The smallest absolute Gasteiger partial charge is 0.150 e. The van der Waals surface area contributed by atoms with Gasteiger partial charge in [0.05, 0.1) is 6.61 Å². The number of benzene rings is 1. The molecule has 0 spiro atoms. The van der Waals surface area contributed by atoms with Crippen LogP contribution in [0.5, 0.6) is 0 Å². The molecule has 0 bridgehead atoms. The first-order valence-electron chi connectivity index (χ1n) is 5.68. The van der Waals surface area contributed by atoms with Gasteiger partial charge in [-0.2, -0.15) is 0 Å². The van der Waals surface area contributed by atoms with Crippen LogP contribution in [-0.2, 0) is 9.47 Å². The number of anilines is 1. The van der Waals surface area contributed by atoms with E-state index in [1.807, 2.05) is 24.3 Å². The summed E-state index contributed by atoms with van der Waals surface area (Å²) >= 11 is 0. The van der Waals surface area contributed by atoms with Crippen LogP contribution in [0.3, 0.4) is 0 Å². The van der Waals surface area contributed by atoms with Crippen molar-refractivity contribution in [2.75, 3.05) is 38.5 Å². The predicted octanol–water partition coefficient (Wildman–Crippen LogP) is 1.95. The normalized spacial score (nSPS) is 10.2.